The molecule has 2 aliphatic rings. The van der Waals surface area contributed by atoms with Crippen molar-refractivity contribution in [2.75, 3.05) is 19.6 Å². The molecule has 1 heterocycles. The molecule has 1 N–H and O–H groups in total. The highest BCUT2D eigenvalue weighted by atomic mass is 15.2. The summed E-state index contributed by atoms with van der Waals surface area (Å²) in [5.74, 6) is 0.885. The number of nitrogens with zero attached hydrogens (tertiary/aromatic N) is 1. The van der Waals surface area contributed by atoms with Gasteiger partial charge in [0, 0.05) is 25.2 Å². The van der Waals surface area contributed by atoms with Crippen LogP contribution >= 0.6 is 0 Å². The molecule has 1 aliphatic carbocycles. The molecule has 94 valence electrons. The molecule has 2 atom stereocenters. The predicted molar refractivity (Wildman–Crippen MR) is 69.6 cm³/mol. The van der Waals surface area contributed by atoms with Crippen LogP contribution in [-0.2, 0) is 0 Å². The van der Waals surface area contributed by atoms with Crippen molar-refractivity contribution in [3.63, 3.8) is 0 Å². The summed E-state index contributed by atoms with van der Waals surface area (Å²) in [4.78, 5) is 2.67. The lowest BCUT2D eigenvalue weighted by atomic mass is 9.80. The van der Waals surface area contributed by atoms with Gasteiger partial charge >= 0.3 is 0 Å². The third kappa shape index (κ3) is 3.21. The summed E-state index contributed by atoms with van der Waals surface area (Å²) < 4.78 is 0. The van der Waals surface area contributed by atoms with Crippen LogP contribution in [0, 0.1) is 11.3 Å². The third-order valence-corrected chi connectivity index (χ3v) is 4.35. The summed E-state index contributed by atoms with van der Waals surface area (Å²) in [7, 11) is 0. The molecule has 2 unspecified atom stereocenters. The van der Waals surface area contributed by atoms with Crippen molar-refractivity contribution in [3.8, 4) is 0 Å². The Morgan fingerprint density at radius 3 is 2.44 bits per heavy atom. The van der Waals surface area contributed by atoms with Crippen LogP contribution in [0.4, 0.5) is 0 Å². The second-order valence-corrected chi connectivity index (χ2v) is 6.88. The van der Waals surface area contributed by atoms with Crippen LogP contribution < -0.4 is 5.32 Å². The Bertz CT molecular complexity index is 227. The number of rotatable bonds is 4. The van der Waals surface area contributed by atoms with Gasteiger partial charge in [0.25, 0.3) is 0 Å². The van der Waals surface area contributed by atoms with Crippen LogP contribution in [0.1, 0.15) is 47.0 Å². The average Bonchev–Trinajstić information content (AvgIpc) is 2.86. The standard InChI is InChI=1S/C14H28N2/c1-11(9-15-13-5-6-13)16-8-7-12(10-16)14(2,3)4/h11-13,15H,5-10H2,1-4H3. The summed E-state index contributed by atoms with van der Waals surface area (Å²) >= 11 is 0. The van der Waals surface area contributed by atoms with Crippen LogP contribution in [0.3, 0.4) is 0 Å². The molecule has 0 radical (unpaired) electrons. The first-order chi connectivity index (χ1) is 7.47. The van der Waals surface area contributed by atoms with Gasteiger partial charge in [-0.1, -0.05) is 20.8 Å². The van der Waals surface area contributed by atoms with Crippen molar-refractivity contribution in [3.05, 3.63) is 0 Å². The zero-order chi connectivity index (χ0) is 11.8. The highest BCUT2D eigenvalue weighted by Crippen LogP contribution is 2.34. The van der Waals surface area contributed by atoms with Gasteiger partial charge in [0.2, 0.25) is 0 Å². The maximum Gasteiger partial charge on any atom is 0.0192 e. The second kappa shape index (κ2) is 4.66. The Morgan fingerprint density at radius 1 is 1.25 bits per heavy atom. The van der Waals surface area contributed by atoms with Gasteiger partial charge in [-0.05, 0) is 44.1 Å². The Morgan fingerprint density at radius 2 is 1.94 bits per heavy atom. The minimum Gasteiger partial charge on any atom is -0.312 e. The van der Waals surface area contributed by atoms with Crippen molar-refractivity contribution < 1.29 is 0 Å². The van der Waals surface area contributed by atoms with Crippen molar-refractivity contribution in [1.29, 1.82) is 0 Å². The molecular formula is C14H28N2. The van der Waals surface area contributed by atoms with Gasteiger partial charge in [0.15, 0.2) is 0 Å². The molecular weight excluding hydrogens is 196 g/mol. The molecule has 1 aliphatic heterocycles. The first kappa shape index (κ1) is 12.4. The average molecular weight is 224 g/mol. The molecule has 0 bridgehead atoms. The number of hydrogen-bond donors (Lipinski definition) is 1. The van der Waals surface area contributed by atoms with E-state index in [1.54, 1.807) is 0 Å². The maximum absolute atomic E-state index is 3.65. The maximum atomic E-state index is 3.65. The SMILES string of the molecule is CC(CNC1CC1)N1CCC(C(C)(C)C)C1. The second-order valence-electron chi connectivity index (χ2n) is 6.88. The van der Waals surface area contributed by atoms with E-state index in [4.69, 9.17) is 0 Å². The van der Waals surface area contributed by atoms with E-state index in [-0.39, 0.29) is 0 Å². The highest BCUT2D eigenvalue weighted by molar-refractivity contribution is 4.88. The fraction of sp³-hybridized carbons (Fsp3) is 1.00. The normalized spacial score (nSPS) is 29.6. The first-order valence-electron chi connectivity index (χ1n) is 6.94. The Labute approximate surface area is 101 Å². The molecule has 1 saturated carbocycles. The van der Waals surface area contributed by atoms with Crippen molar-refractivity contribution in [1.82, 2.24) is 10.2 Å². The van der Waals surface area contributed by atoms with Crippen LogP contribution in [0.15, 0.2) is 0 Å². The van der Waals surface area contributed by atoms with E-state index in [2.05, 4.69) is 37.9 Å². The Kier molecular flexibility index (Phi) is 3.60. The molecule has 2 heteroatoms. The molecule has 0 amide bonds. The number of hydrogen-bond acceptors (Lipinski definition) is 2. The monoisotopic (exact) mass is 224 g/mol. The van der Waals surface area contributed by atoms with Gasteiger partial charge in [-0.15, -0.1) is 0 Å². The summed E-state index contributed by atoms with van der Waals surface area (Å²) in [6.45, 7) is 13.3. The van der Waals surface area contributed by atoms with E-state index in [1.165, 1.54) is 38.9 Å². The lowest BCUT2D eigenvalue weighted by Crippen LogP contribution is -2.40. The largest absolute Gasteiger partial charge is 0.312 e. The molecule has 2 nitrogen and oxygen atoms in total. The lowest BCUT2D eigenvalue weighted by molar-refractivity contribution is 0.199. The molecule has 0 aromatic heterocycles. The summed E-state index contributed by atoms with van der Waals surface area (Å²) in [6, 6.07) is 1.57. The van der Waals surface area contributed by atoms with Crippen LogP contribution in [0.2, 0.25) is 0 Å². The minimum absolute atomic E-state index is 0.485. The summed E-state index contributed by atoms with van der Waals surface area (Å²) in [5, 5.41) is 3.65. The van der Waals surface area contributed by atoms with E-state index >= 15 is 0 Å². The van der Waals surface area contributed by atoms with Crippen LogP contribution in [0.25, 0.3) is 0 Å². The van der Waals surface area contributed by atoms with Gasteiger partial charge in [-0.2, -0.15) is 0 Å². The van der Waals surface area contributed by atoms with Crippen molar-refractivity contribution >= 4 is 0 Å². The molecule has 16 heavy (non-hydrogen) atoms. The molecule has 0 spiro atoms. The number of nitrogens with one attached hydrogen (secondary N) is 1. The zero-order valence-corrected chi connectivity index (χ0v) is 11.4. The summed E-state index contributed by atoms with van der Waals surface area (Å²) in [5.41, 5.74) is 0.485. The zero-order valence-electron chi connectivity index (χ0n) is 11.4. The molecule has 2 rings (SSSR count). The first-order valence-corrected chi connectivity index (χ1v) is 6.94. The van der Waals surface area contributed by atoms with E-state index in [1.807, 2.05) is 0 Å². The highest BCUT2D eigenvalue weighted by Gasteiger charge is 2.33. The van der Waals surface area contributed by atoms with Crippen LogP contribution in [0.5, 0.6) is 0 Å². The van der Waals surface area contributed by atoms with Crippen molar-refractivity contribution in [2.24, 2.45) is 11.3 Å². The van der Waals surface area contributed by atoms with Gasteiger partial charge in [-0.25, -0.2) is 0 Å². The fourth-order valence-corrected chi connectivity index (χ4v) is 2.65. The smallest absolute Gasteiger partial charge is 0.0192 e. The van der Waals surface area contributed by atoms with E-state index in [0.29, 0.717) is 11.5 Å². The summed E-state index contributed by atoms with van der Waals surface area (Å²) in [6.07, 6.45) is 4.19. The van der Waals surface area contributed by atoms with Gasteiger partial charge in [0.05, 0.1) is 0 Å². The van der Waals surface area contributed by atoms with Gasteiger partial charge < -0.3 is 5.32 Å². The molecule has 0 aromatic carbocycles. The predicted octanol–water partition coefficient (Wildman–Crippen LogP) is 2.49. The lowest BCUT2D eigenvalue weighted by Gasteiger charge is -2.29. The van der Waals surface area contributed by atoms with E-state index in [0.717, 1.165) is 12.0 Å². The fourth-order valence-electron chi connectivity index (χ4n) is 2.65. The van der Waals surface area contributed by atoms with E-state index in [9.17, 15) is 0 Å². The minimum atomic E-state index is 0.485. The Balaban J connectivity index is 1.73. The van der Waals surface area contributed by atoms with Crippen molar-refractivity contribution in [2.45, 2.75) is 59.0 Å². The molecule has 1 saturated heterocycles. The third-order valence-electron chi connectivity index (χ3n) is 4.35. The Hall–Kier alpha value is -0.0800. The number of likely N-dealkylation sites (tertiary alicyclic amines) is 1. The molecule has 2 fully saturated rings. The quantitative estimate of drug-likeness (QED) is 0.789. The van der Waals surface area contributed by atoms with Gasteiger partial charge in [0.1, 0.15) is 0 Å². The van der Waals surface area contributed by atoms with Crippen LogP contribution in [-0.4, -0.2) is 36.6 Å². The topological polar surface area (TPSA) is 15.3 Å². The van der Waals surface area contributed by atoms with Gasteiger partial charge in [-0.3, -0.25) is 4.90 Å². The van der Waals surface area contributed by atoms with E-state index < -0.39 is 0 Å². The molecule has 0 aromatic rings.